The van der Waals surface area contributed by atoms with Crippen LogP contribution >= 0.6 is 0 Å². The van der Waals surface area contributed by atoms with Crippen LogP contribution in [0.25, 0.3) is 0 Å². The van der Waals surface area contributed by atoms with E-state index in [1.54, 1.807) is 36.3 Å². The van der Waals surface area contributed by atoms with Gasteiger partial charge < -0.3 is 9.30 Å². The molecule has 0 aliphatic rings. The van der Waals surface area contributed by atoms with E-state index in [0.29, 0.717) is 17.1 Å². The van der Waals surface area contributed by atoms with Crippen LogP contribution in [0.15, 0.2) is 30.9 Å². The van der Waals surface area contributed by atoms with Crippen molar-refractivity contribution in [2.45, 2.75) is 0 Å². The number of hydrogen-bond acceptors (Lipinski definition) is 4. The minimum absolute atomic E-state index is 0.168. The largest absolute Gasteiger partial charge is 0.495 e. The van der Waals surface area contributed by atoms with Crippen molar-refractivity contribution in [3.05, 3.63) is 42.2 Å². The number of pyridine rings is 1. The number of carbonyl (C=O) groups excluding carboxylic acids is 1. The van der Waals surface area contributed by atoms with Gasteiger partial charge in [0.05, 0.1) is 13.3 Å². The molecule has 0 aromatic carbocycles. The van der Waals surface area contributed by atoms with Crippen LogP contribution in [0.2, 0.25) is 0 Å². The molecule has 16 heavy (non-hydrogen) atoms. The third kappa shape index (κ3) is 1.79. The third-order valence-corrected chi connectivity index (χ3v) is 2.24. The van der Waals surface area contributed by atoms with Gasteiger partial charge in [-0.2, -0.15) is 0 Å². The molecule has 0 amide bonds. The summed E-state index contributed by atoms with van der Waals surface area (Å²) in [6, 6.07) is 1.64. The summed E-state index contributed by atoms with van der Waals surface area (Å²) < 4.78 is 6.68. The smallest absolute Gasteiger partial charge is 0.230 e. The van der Waals surface area contributed by atoms with E-state index in [2.05, 4.69) is 9.97 Å². The van der Waals surface area contributed by atoms with E-state index < -0.39 is 0 Å². The summed E-state index contributed by atoms with van der Waals surface area (Å²) in [5.41, 5.74) is 0.466. The number of aromatic nitrogens is 3. The molecule has 5 heteroatoms. The van der Waals surface area contributed by atoms with Crippen LogP contribution in [0.3, 0.4) is 0 Å². The van der Waals surface area contributed by atoms with Gasteiger partial charge >= 0.3 is 0 Å². The number of aryl methyl sites for hydroxylation is 1. The minimum Gasteiger partial charge on any atom is -0.495 e. The van der Waals surface area contributed by atoms with Gasteiger partial charge in [0.2, 0.25) is 5.78 Å². The third-order valence-electron chi connectivity index (χ3n) is 2.24. The van der Waals surface area contributed by atoms with Crippen molar-refractivity contribution in [2.75, 3.05) is 7.11 Å². The fourth-order valence-electron chi connectivity index (χ4n) is 1.37. The maximum Gasteiger partial charge on any atom is 0.230 e. The highest BCUT2D eigenvalue weighted by atomic mass is 16.5. The van der Waals surface area contributed by atoms with Crippen molar-refractivity contribution in [1.29, 1.82) is 0 Å². The first-order valence-electron chi connectivity index (χ1n) is 4.73. The Morgan fingerprint density at radius 1 is 1.44 bits per heavy atom. The van der Waals surface area contributed by atoms with Crippen LogP contribution in [0.1, 0.15) is 16.2 Å². The van der Waals surface area contributed by atoms with E-state index in [9.17, 15) is 4.79 Å². The molecule has 2 heterocycles. The first-order chi connectivity index (χ1) is 7.72. The Hall–Kier alpha value is -2.17. The van der Waals surface area contributed by atoms with E-state index >= 15 is 0 Å². The first-order valence-corrected chi connectivity index (χ1v) is 4.73. The van der Waals surface area contributed by atoms with Crippen molar-refractivity contribution >= 4 is 5.78 Å². The minimum atomic E-state index is -0.168. The second kappa shape index (κ2) is 4.14. The van der Waals surface area contributed by atoms with Gasteiger partial charge in [0.25, 0.3) is 0 Å². The van der Waals surface area contributed by atoms with Crippen LogP contribution in [-0.2, 0) is 7.05 Å². The van der Waals surface area contributed by atoms with E-state index in [0.717, 1.165) is 0 Å². The quantitative estimate of drug-likeness (QED) is 0.721. The monoisotopic (exact) mass is 217 g/mol. The molecule has 2 aromatic rings. The van der Waals surface area contributed by atoms with E-state index in [-0.39, 0.29) is 5.78 Å². The van der Waals surface area contributed by atoms with Crippen LogP contribution in [-0.4, -0.2) is 27.4 Å². The number of hydrogen-bond donors (Lipinski definition) is 0. The summed E-state index contributed by atoms with van der Waals surface area (Å²) >= 11 is 0. The lowest BCUT2D eigenvalue weighted by molar-refractivity contribution is 0.102. The number of carbonyl (C=O) groups is 1. The van der Waals surface area contributed by atoms with E-state index in [4.69, 9.17) is 4.74 Å². The van der Waals surface area contributed by atoms with Gasteiger partial charge in [-0.15, -0.1) is 0 Å². The van der Waals surface area contributed by atoms with Crippen molar-refractivity contribution in [3.8, 4) is 5.75 Å². The fourth-order valence-corrected chi connectivity index (χ4v) is 1.37. The van der Waals surface area contributed by atoms with Gasteiger partial charge in [0, 0.05) is 31.2 Å². The summed E-state index contributed by atoms with van der Waals surface area (Å²) in [6.45, 7) is 0. The highest BCUT2D eigenvalue weighted by Crippen LogP contribution is 2.13. The number of nitrogens with zero attached hydrogens (tertiary/aromatic N) is 3. The number of ether oxygens (including phenoxy) is 1. The predicted molar refractivity (Wildman–Crippen MR) is 57.4 cm³/mol. The lowest BCUT2D eigenvalue weighted by Gasteiger charge is -2.03. The molecule has 2 aromatic heterocycles. The number of ketones is 1. The summed E-state index contributed by atoms with van der Waals surface area (Å²) in [4.78, 5) is 19.9. The average Bonchev–Trinajstić information content (AvgIpc) is 2.74. The molecule has 0 saturated heterocycles. The molecule has 0 unspecified atom stereocenters. The van der Waals surface area contributed by atoms with Gasteiger partial charge in [-0.1, -0.05) is 0 Å². The predicted octanol–water partition coefficient (Wildman–Crippen LogP) is 1.05. The number of imidazole rings is 1. The second-order valence-electron chi connectivity index (χ2n) is 3.30. The lowest BCUT2D eigenvalue weighted by atomic mass is 10.2. The van der Waals surface area contributed by atoms with Gasteiger partial charge in [0.1, 0.15) is 5.75 Å². The SMILES string of the molecule is COc1cncc(C(=O)c2nccn2C)c1. The first kappa shape index (κ1) is 10.4. The Balaban J connectivity index is 2.38. The molecule has 0 aliphatic carbocycles. The Bertz CT molecular complexity index is 519. The van der Waals surface area contributed by atoms with Crippen molar-refractivity contribution in [2.24, 2.45) is 7.05 Å². The van der Waals surface area contributed by atoms with Gasteiger partial charge in [-0.05, 0) is 6.07 Å². The zero-order valence-electron chi connectivity index (χ0n) is 9.04. The normalized spacial score (nSPS) is 10.1. The van der Waals surface area contributed by atoms with Crippen LogP contribution in [0.4, 0.5) is 0 Å². The highest BCUT2D eigenvalue weighted by Gasteiger charge is 2.14. The molecule has 0 spiro atoms. The Morgan fingerprint density at radius 3 is 2.88 bits per heavy atom. The number of methoxy groups -OCH3 is 1. The molecule has 82 valence electrons. The molecule has 0 aliphatic heterocycles. The molecule has 0 fully saturated rings. The summed E-state index contributed by atoms with van der Waals surface area (Å²) in [5.74, 6) is 0.772. The van der Waals surface area contributed by atoms with Crippen LogP contribution in [0.5, 0.6) is 5.75 Å². The van der Waals surface area contributed by atoms with E-state index in [1.165, 1.54) is 13.3 Å². The molecule has 0 radical (unpaired) electrons. The number of rotatable bonds is 3. The van der Waals surface area contributed by atoms with Gasteiger partial charge in [-0.3, -0.25) is 9.78 Å². The van der Waals surface area contributed by atoms with Crippen molar-refractivity contribution in [3.63, 3.8) is 0 Å². The molecule has 0 atom stereocenters. The Kier molecular flexibility index (Phi) is 2.68. The molecule has 0 N–H and O–H groups in total. The summed E-state index contributed by atoms with van der Waals surface area (Å²) in [6.07, 6.45) is 6.36. The van der Waals surface area contributed by atoms with Gasteiger partial charge in [0.15, 0.2) is 5.82 Å². The lowest BCUT2D eigenvalue weighted by Crippen LogP contribution is -2.09. The summed E-state index contributed by atoms with van der Waals surface area (Å²) in [7, 11) is 3.31. The highest BCUT2D eigenvalue weighted by molar-refractivity contribution is 6.06. The molecule has 2 rings (SSSR count). The standard InChI is InChI=1S/C11H11N3O2/c1-14-4-3-13-11(14)10(15)8-5-9(16-2)7-12-6-8/h3-7H,1-2H3. The van der Waals surface area contributed by atoms with Crippen molar-refractivity contribution in [1.82, 2.24) is 14.5 Å². The molecule has 0 bridgehead atoms. The molecular formula is C11H11N3O2. The maximum absolute atomic E-state index is 12.0. The average molecular weight is 217 g/mol. The topological polar surface area (TPSA) is 57.0 Å². The van der Waals surface area contributed by atoms with Crippen molar-refractivity contribution < 1.29 is 9.53 Å². The Labute approximate surface area is 92.7 Å². The van der Waals surface area contributed by atoms with Crippen LogP contribution < -0.4 is 4.74 Å². The Morgan fingerprint density at radius 2 is 2.25 bits per heavy atom. The van der Waals surface area contributed by atoms with Gasteiger partial charge in [-0.25, -0.2) is 4.98 Å². The molecular weight excluding hydrogens is 206 g/mol. The summed E-state index contributed by atoms with van der Waals surface area (Å²) in [5, 5.41) is 0. The van der Waals surface area contributed by atoms with E-state index in [1.807, 2.05) is 0 Å². The zero-order chi connectivity index (χ0) is 11.5. The zero-order valence-corrected chi connectivity index (χ0v) is 9.04. The molecule has 0 saturated carbocycles. The fraction of sp³-hybridized carbons (Fsp3) is 0.182. The van der Waals surface area contributed by atoms with Crippen LogP contribution in [0, 0.1) is 0 Å². The second-order valence-corrected chi connectivity index (χ2v) is 3.30. The molecule has 5 nitrogen and oxygen atoms in total. The maximum atomic E-state index is 12.0.